The Kier molecular flexibility index (Phi) is 5.37. The van der Waals surface area contributed by atoms with Gasteiger partial charge in [-0.15, -0.1) is 0 Å². The second-order valence-corrected chi connectivity index (χ2v) is 4.46. The van der Waals surface area contributed by atoms with E-state index in [-0.39, 0.29) is 9.83 Å². The minimum Gasteiger partial charge on any atom is -0.297 e. The van der Waals surface area contributed by atoms with E-state index in [4.69, 9.17) is 12.2 Å². The number of carbonyl (C=O) groups is 1. The van der Waals surface area contributed by atoms with Crippen LogP contribution >= 0.6 is 34.8 Å². The molecule has 0 spiro atoms. The van der Waals surface area contributed by atoms with Crippen LogP contribution in [0.4, 0.5) is 0 Å². The zero-order valence-corrected chi connectivity index (χ0v) is 9.82. The number of hydrogen-bond donors (Lipinski definition) is 1. The van der Waals surface area contributed by atoms with E-state index in [1.807, 2.05) is 36.4 Å². The summed E-state index contributed by atoms with van der Waals surface area (Å²) in [6, 6.07) is 0.315. The molecule has 4 heteroatoms. The van der Waals surface area contributed by atoms with Gasteiger partial charge in [-0.2, -0.15) is 0 Å². The summed E-state index contributed by atoms with van der Waals surface area (Å²) in [7, 11) is 0. The average molecular weight is 285 g/mol. The Morgan fingerprint density at radius 1 is 1.55 bits per heavy atom. The molecule has 0 amide bonds. The highest BCUT2D eigenvalue weighted by atomic mass is 127. The molecule has 64 valence electrons. The standard InChI is InChI=1S/C7H12INOS/c1-4(2)9-7(8)6(10)5(3)11/h4,7,9H,1-3H3/t7-/m1/s1. The van der Waals surface area contributed by atoms with E-state index in [9.17, 15) is 4.79 Å². The van der Waals surface area contributed by atoms with Crippen molar-refractivity contribution in [1.29, 1.82) is 0 Å². The van der Waals surface area contributed by atoms with Crippen molar-refractivity contribution in [3.8, 4) is 0 Å². The number of Topliss-reactive ketones (excluding diaryl/α,β-unsaturated/α-hetero) is 1. The summed E-state index contributed by atoms with van der Waals surface area (Å²) in [6.07, 6.45) is 0. The molecular formula is C7H12INOS. The molecule has 1 atom stereocenters. The van der Waals surface area contributed by atoms with Crippen LogP contribution in [0.2, 0.25) is 0 Å². The van der Waals surface area contributed by atoms with Gasteiger partial charge in [-0.1, -0.05) is 34.8 Å². The average Bonchev–Trinajstić information content (AvgIpc) is 1.84. The molecule has 0 unspecified atom stereocenters. The van der Waals surface area contributed by atoms with E-state index in [1.54, 1.807) is 6.92 Å². The summed E-state index contributed by atoms with van der Waals surface area (Å²) in [5.74, 6) is 0.00861. The molecule has 0 aliphatic rings. The van der Waals surface area contributed by atoms with Crippen LogP contribution in [0.25, 0.3) is 0 Å². The van der Waals surface area contributed by atoms with Gasteiger partial charge in [-0.25, -0.2) is 0 Å². The number of thiocarbonyl (C=S) groups is 1. The van der Waals surface area contributed by atoms with Crippen molar-refractivity contribution in [3.05, 3.63) is 0 Å². The first-order chi connectivity index (χ1) is 4.95. The molecule has 0 aromatic carbocycles. The smallest absolute Gasteiger partial charge is 0.196 e. The summed E-state index contributed by atoms with van der Waals surface area (Å²) in [4.78, 5) is 11.6. The predicted molar refractivity (Wildman–Crippen MR) is 59.4 cm³/mol. The maximum atomic E-state index is 11.2. The molecule has 11 heavy (non-hydrogen) atoms. The Balaban J connectivity index is 3.93. The van der Waals surface area contributed by atoms with Crippen LogP contribution in [-0.4, -0.2) is 20.7 Å². The molecule has 0 saturated carbocycles. The number of ketones is 1. The highest BCUT2D eigenvalue weighted by Gasteiger charge is 2.16. The van der Waals surface area contributed by atoms with Gasteiger partial charge in [-0.3, -0.25) is 10.1 Å². The van der Waals surface area contributed by atoms with Crippen LogP contribution < -0.4 is 5.32 Å². The van der Waals surface area contributed by atoms with E-state index in [0.29, 0.717) is 10.9 Å². The molecule has 0 aliphatic heterocycles. The number of carbonyl (C=O) groups excluding carboxylic acids is 1. The van der Waals surface area contributed by atoms with Gasteiger partial charge in [0.2, 0.25) is 0 Å². The van der Waals surface area contributed by atoms with Crippen LogP contribution in [0.5, 0.6) is 0 Å². The van der Waals surface area contributed by atoms with Crippen LogP contribution in [-0.2, 0) is 4.79 Å². The van der Waals surface area contributed by atoms with Gasteiger partial charge in [0.15, 0.2) is 5.78 Å². The highest BCUT2D eigenvalue weighted by molar-refractivity contribution is 14.1. The Morgan fingerprint density at radius 2 is 2.00 bits per heavy atom. The first kappa shape index (κ1) is 11.4. The molecule has 0 bridgehead atoms. The van der Waals surface area contributed by atoms with E-state index in [1.165, 1.54) is 0 Å². The van der Waals surface area contributed by atoms with Crippen LogP contribution in [0.1, 0.15) is 20.8 Å². The van der Waals surface area contributed by atoms with Crippen LogP contribution in [0.3, 0.4) is 0 Å². The fourth-order valence-electron chi connectivity index (χ4n) is 0.547. The van der Waals surface area contributed by atoms with Gasteiger partial charge in [-0.05, 0) is 20.8 Å². The van der Waals surface area contributed by atoms with Gasteiger partial charge >= 0.3 is 0 Å². The molecule has 0 aromatic rings. The number of nitrogens with one attached hydrogen (secondary N) is 1. The lowest BCUT2D eigenvalue weighted by molar-refractivity contribution is -0.112. The molecule has 0 heterocycles. The summed E-state index contributed by atoms with van der Waals surface area (Å²) >= 11 is 6.80. The lowest BCUT2D eigenvalue weighted by Crippen LogP contribution is -2.38. The second-order valence-electron chi connectivity index (χ2n) is 2.60. The normalized spacial score (nSPS) is 13.2. The third-order valence-electron chi connectivity index (χ3n) is 1.06. The molecule has 0 rings (SSSR count). The third kappa shape index (κ3) is 4.81. The fraction of sp³-hybridized carbons (Fsp3) is 0.714. The minimum absolute atomic E-state index is 0.00861. The second kappa shape index (κ2) is 5.16. The zero-order chi connectivity index (χ0) is 9.02. The van der Waals surface area contributed by atoms with Gasteiger partial charge in [0, 0.05) is 6.04 Å². The molecule has 0 fully saturated rings. The summed E-state index contributed by atoms with van der Waals surface area (Å²) in [6.45, 7) is 5.65. The third-order valence-corrected chi connectivity index (χ3v) is 2.18. The summed E-state index contributed by atoms with van der Waals surface area (Å²) in [5, 5.41) is 3.07. The predicted octanol–water partition coefficient (Wildman–Crippen LogP) is 1.70. The van der Waals surface area contributed by atoms with Crippen molar-refractivity contribution in [2.75, 3.05) is 0 Å². The Morgan fingerprint density at radius 3 is 2.27 bits per heavy atom. The van der Waals surface area contributed by atoms with Crippen molar-refractivity contribution in [2.24, 2.45) is 0 Å². The first-order valence-corrected chi connectivity index (χ1v) is 5.05. The summed E-state index contributed by atoms with van der Waals surface area (Å²) < 4.78 is -0.176. The Labute approximate surface area is 86.3 Å². The molecule has 2 nitrogen and oxygen atoms in total. The SMILES string of the molecule is CC(=S)C(=O)[C@H](I)NC(C)C. The monoisotopic (exact) mass is 285 g/mol. The first-order valence-electron chi connectivity index (χ1n) is 3.40. The molecule has 0 aliphatic carbocycles. The van der Waals surface area contributed by atoms with Gasteiger partial charge < -0.3 is 0 Å². The van der Waals surface area contributed by atoms with Crippen molar-refractivity contribution in [1.82, 2.24) is 5.32 Å². The number of hydrogen-bond acceptors (Lipinski definition) is 3. The Hall–Kier alpha value is 0.450. The Bertz CT molecular complexity index is 170. The lowest BCUT2D eigenvalue weighted by atomic mass is 10.3. The summed E-state index contributed by atoms with van der Waals surface area (Å²) in [5.41, 5.74) is 0. The van der Waals surface area contributed by atoms with E-state index in [0.717, 1.165) is 0 Å². The molecule has 1 N–H and O–H groups in total. The topological polar surface area (TPSA) is 29.1 Å². The number of alkyl halides is 1. The fourth-order valence-corrected chi connectivity index (χ4v) is 2.06. The van der Waals surface area contributed by atoms with Crippen molar-refractivity contribution in [3.63, 3.8) is 0 Å². The van der Waals surface area contributed by atoms with Gasteiger partial charge in [0.25, 0.3) is 0 Å². The molecule has 0 saturated heterocycles. The molecular weight excluding hydrogens is 273 g/mol. The van der Waals surface area contributed by atoms with Crippen LogP contribution in [0.15, 0.2) is 0 Å². The number of rotatable bonds is 4. The maximum Gasteiger partial charge on any atom is 0.196 e. The number of halogens is 1. The maximum absolute atomic E-state index is 11.2. The van der Waals surface area contributed by atoms with Crippen molar-refractivity contribution >= 4 is 45.5 Å². The zero-order valence-electron chi connectivity index (χ0n) is 6.85. The quantitative estimate of drug-likeness (QED) is 0.369. The minimum atomic E-state index is -0.176. The van der Waals surface area contributed by atoms with Gasteiger partial charge in [0.1, 0.15) is 4.05 Å². The van der Waals surface area contributed by atoms with E-state index < -0.39 is 0 Å². The highest BCUT2D eigenvalue weighted by Crippen LogP contribution is 2.01. The lowest BCUT2D eigenvalue weighted by Gasteiger charge is -2.12. The van der Waals surface area contributed by atoms with E-state index in [2.05, 4.69) is 5.32 Å². The largest absolute Gasteiger partial charge is 0.297 e. The van der Waals surface area contributed by atoms with Crippen molar-refractivity contribution in [2.45, 2.75) is 30.9 Å². The van der Waals surface area contributed by atoms with Gasteiger partial charge in [0.05, 0.1) is 4.86 Å². The van der Waals surface area contributed by atoms with Crippen molar-refractivity contribution < 1.29 is 4.79 Å². The van der Waals surface area contributed by atoms with Crippen LogP contribution in [0, 0.1) is 0 Å². The van der Waals surface area contributed by atoms with E-state index >= 15 is 0 Å². The molecule has 0 radical (unpaired) electrons. The molecule has 0 aromatic heterocycles.